The monoisotopic (exact) mass is 570 g/mol. The molecule has 0 radical (unpaired) electrons. The smallest absolute Gasteiger partial charge is 0.362 e. The van der Waals surface area contributed by atoms with Gasteiger partial charge in [-0.2, -0.15) is 8.42 Å². The van der Waals surface area contributed by atoms with Gasteiger partial charge in [-0.3, -0.25) is 24.3 Å². The van der Waals surface area contributed by atoms with Crippen molar-refractivity contribution in [1.29, 1.82) is 0 Å². The Hall–Kier alpha value is -4.16. The van der Waals surface area contributed by atoms with Crippen LogP contribution >= 0.6 is 11.3 Å². The van der Waals surface area contributed by atoms with Gasteiger partial charge in [-0.15, -0.1) is 11.3 Å². The Balaban J connectivity index is 1.72. The fraction of sp³-hybridized carbons (Fsp3) is 0.350. The van der Waals surface area contributed by atoms with E-state index in [4.69, 9.17) is 19.9 Å². The average molecular weight is 571 g/mol. The van der Waals surface area contributed by atoms with Crippen molar-refractivity contribution in [1.82, 2.24) is 14.6 Å². The minimum Gasteiger partial charge on any atom is -0.458 e. The number of non-ortho nitro benzene ring substituents is 1. The van der Waals surface area contributed by atoms with Crippen LogP contribution in [0.4, 0.5) is 10.8 Å². The molecule has 1 aromatic heterocycles. The number of nitro benzene ring substituents is 1. The van der Waals surface area contributed by atoms with Crippen LogP contribution in [0.25, 0.3) is 0 Å². The minimum atomic E-state index is -4.80. The quantitative estimate of drug-likeness (QED) is 0.0879. The molecular weight excluding hydrogens is 548 g/mol. The van der Waals surface area contributed by atoms with Crippen molar-refractivity contribution in [2.24, 2.45) is 5.16 Å². The fourth-order valence-corrected chi connectivity index (χ4v) is 4.58. The number of hydrogen-bond donors (Lipinski definition) is 3. The predicted octanol–water partition coefficient (Wildman–Crippen LogP) is 0.395. The number of anilines is 1. The average Bonchev–Trinajstić information content (AvgIpc) is 3.26. The summed E-state index contributed by atoms with van der Waals surface area (Å²) >= 11 is 0.971. The lowest BCUT2D eigenvalue weighted by molar-refractivity contribution is -0.384. The first-order valence-electron chi connectivity index (χ1n) is 10.6. The maximum Gasteiger partial charge on any atom is 0.362 e. The summed E-state index contributed by atoms with van der Waals surface area (Å²) in [5.74, 6) is -2.95. The lowest BCUT2D eigenvalue weighted by Gasteiger charge is -2.42. The number of nitrogens with two attached hydrogens (primary N) is 1. The van der Waals surface area contributed by atoms with Crippen LogP contribution in [0.3, 0.4) is 0 Å². The molecule has 204 valence electrons. The van der Waals surface area contributed by atoms with Gasteiger partial charge in [-0.25, -0.2) is 14.1 Å². The highest BCUT2D eigenvalue weighted by Crippen LogP contribution is 2.24. The molecule has 0 bridgehead atoms. The molecule has 16 nitrogen and oxygen atoms in total. The van der Waals surface area contributed by atoms with Crippen molar-refractivity contribution in [3.8, 4) is 0 Å². The van der Waals surface area contributed by atoms with Crippen LogP contribution in [-0.4, -0.2) is 68.4 Å². The molecule has 2 aromatic rings. The highest BCUT2D eigenvalue weighted by Gasteiger charge is 2.51. The molecule has 1 saturated heterocycles. The van der Waals surface area contributed by atoms with Gasteiger partial charge in [0.15, 0.2) is 10.8 Å². The van der Waals surface area contributed by atoms with Gasteiger partial charge in [0.05, 0.1) is 11.0 Å². The van der Waals surface area contributed by atoms with Gasteiger partial charge in [-0.05, 0) is 38.5 Å². The Labute approximate surface area is 219 Å². The number of nitrogens with one attached hydrogen (secondary N) is 1. The van der Waals surface area contributed by atoms with Crippen LogP contribution in [-0.2, 0) is 40.9 Å². The van der Waals surface area contributed by atoms with Gasteiger partial charge in [0, 0.05) is 17.5 Å². The van der Waals surface area contributed by atoms with Gasteiger partial charge in [-0.1, -0.05) is 5.16 Å². The first-order chi connectivity index (χ1) is 17.6. The van der Waals surface area contributed by atoms with Crippen LogP contribution in [0.2, 0.25) is 0 Å². The van der Waals surface area contributed by atoms with Gasteiger partial charge in [0.25, 0.3) is 17.5 Å². The van der Waals surface area contributed by atoms with E-state index in [0.717, 1.165) is 11.3 Å². The van der Waals surface area contributed by atoms with Crippen molar-refractivity contribution < 1.29 is 41.9 Å². The summed E-state index contributed by atoms with van der Waals surface area (Å²) < 4.78 is 37.1. The molecule has 3 rings (SSSR count). The number of nitrogens with zero attached hydrogens (tertiary/aromatic N) is 4. The van der Waals surface area contributed by atoms with E-state index < -0.39 is 56.4 Å². The first kappa shape index (κ1) is 28.4. The van der Waals surface area contributed by atoms with Gasteiger partial charge in [0.1, 0.15) is 18.3 Å². The lowest BCUT2D eigenvalue weighted by atomic mass is 10.0. The molecule has 18 heteroatoms. The maximum atomic E-state index is 12.9. The van der Waals surface area contributed by atoms with E-state index >= 15 is 0 Å². The van der Waals surface area contributed by atoms with Crippen LogP contribution < -0.4 is 11.1 Å². The standard InChI is InChI=1S/C20H22N6O10S2/c1-10-14(17(28)25(10)38(32,33)34)23-16(27)15(13-9-37-19(21)22-13)24-36-20(2,3)18(29)35-8-11-4-6-12(7-5-11)26(30)31/h4-7,9-10,14H,8H2,1-3H3,(H2,21,22)(H,23,27)(H,32,33,34)/b24-15+/t10-,14+/m1/s1. The summed E-state index contributed by atoms with van der Waals surface area (Å²) in [5.41, 5.74) is 3.72. The van der Waals surface area contributed by atoms with E-state index in [1.54, 1.807) is 0 Å². The molecule has 1 aliphatic heterocycles. The number of amides is 2. The molecule has 38 heavy (non-hydrogen) atoms. The number of thiazole rings is 1. The number of hydrogen-bond acceptors (Lipinski definition) is 13. The SMILES string of the molecule is C[C@@H]1[C@H](NC(=O)/C(=N/OC(C)(C)C(=O)OCc2ccc([N+](=O)[O-])cc2)c2csc(N)n2)C(=O)N1S(=O)(=O)O. The van der Waals surface area contributed by atoms with E-state index in [9.17, 15) is 32.9 Å². The third kappa shape index (κ3) is 6.21. The van der Waals surface area contributed by atoms with E-state index in [2.05, 4.69) is 15.5 Å². The maximum absolute atomic E-state index is 12.9. The normalized spacial score (nSPS) is 17.9. The Bertz CT molecular complexity index is 1400. The third-order valence-corrected chi connectivity index (χ3v) is 6.91. The topological polar surface area (TPSA) is 234 Å². The predicted molar refractivity (Wildman–Crippen MR) is 131 cm³/mol. The number of esters is 1. The van der Waals surface area contributed by atoms with Crippen molar-refractivity contribution in [3.63, 3.8) is 0 Å². The summed E-state index contributed by atoms with van der Waals surface area (Å²) in [7, 11) is -4.80. The molecule has 1 aliphatic rings. The molecule has 0 saturated carbocycles. The largest absolute Gasteiger partial charge is 0.458 e. The number of nitro groups is 1. The fourth-order valence-electron chi connectivity index (χ4n) is 3.15. The van der Waals surface area contributed by atoms with Gasteiger partial charge >= 0.3 is 16.3 Å². The van der Waals surface area contributed by atoms with Crippen LogP contribution in [0.15, 0.2) is 34.8 Å². The Morgan fingerprint density at radius 2 is 1.97 bits per heavy atom. The summed E-state index contributed by atoms with van der Waals surface area (Å²) in [5, 5.41) is 18.2. The summed E-state index contributed by atoms with van der Waals surface area (Å²) in [6.07, 6.45) is 0. The number of carbonyl (C=O) groups is 3. The van der Waals surface area contributed by atoms with Gasteiger partial charge in [0.2, 0.25) is 5.60 Å². The zero-order chi connectivity index (χ0) is 28.4. The second-order valence-electron chi connectivity index (χ2n) is 8.42. The van der Waals surface area contributed by atoms with Crippen molar-refractivity contribution in [3.05, 3.63) is 51.0 Å². The highest BCUT2D eigenvalue weighted by molar-refractivity contribution is 7.84. The van der Waals surface area contributed by atoms with Crippen LogP contribution in [0.5, 0.6) is 0 Å². The van der Waals surface area contributed by atoms with Crippen LogP contribution in [0.1, 0.15) is 32.0 Å². The molecule has 2 heterocycles. The number of aromatic nitrogens is 1. The second kappa shape index (κ2) is 10.7. The molecule has 0 aliphatic carbocycles. The molecule has 1 fully saturated rings. The first-order valence-corrected chi connectivity index (χ1v) is 12.9. The summed E-state index contributed by atoms with van der Waals surface area (Å²) in [4.78, 5) is 57.1. The zero-order valence-corrected chi connectivity index (χ0v) is 21.7. The number of nitrogen functional groups attached to an aromatic ring is 1. The highest BCUT2D eigenvalue weighted by atomic mass is 32.2. The minimum absolute atomic E-state index is 0.0499. The van der Waals surface area contributed by atoms with Crippen LogP contribution in [0, 0.1) is 10.1 Å². The van der Waals surface area contributed by atoms with E-state index in [1.165, 1.54) is 50.4 Å². The van der Waals surface area contributed by atoms with E-state index in [-0.39, 0.29) is 27.4 Å². The molecule has 0 spiro atoms. The Morgan fingerprint density at radius 1 is 1.34 bits per heavy atom. The summed E-state index contributed by atoms with van der Waals surface area (Å²) in [6.45, 7) is 3.68. The zero-order valence-electron chi connectivity index (χ0n) is 20.1. The number of β-lactam (4-membered cyclic amide) rings is 1. The van der Waals surface area contributed by atoms with Crippen molar-refractivity contribution >= 4 is 56.0 Å². The molecule has 0 unspecified atom stereocenters. The number of ether oxygens (including phenoxy) is 1. The Kier molecular flexibility index (Phi) is 7.98. The molecular formula is C20H22N6O10S2. The molecule has 1 aromatic carbocycles. The Morgan fingerprint density at radius 3 is 2.47 bits per heavy atom. The molecule has 4 N–H and O–H groups in total. The molecule has 2 amide bonds. The number of carbonyl (C=O) groups excluding carboxylic acids is 3. The van der Waals surface area contributed by atoms with E-state index in [0.29, 0.717) is 5.56 Å². The van der Waals surface area contributed by atoms with E-state index in [1.807, 2.05) is 0 Å². The summed E-state index contributed by atoms with van der Waals surface area (Å²) in [6, 6.07) is 2.95. The van der Waals surface area contributed by atoms with Gasteiger partial charge < -0.3 is 20.6 Å². The second-order valence-corrected chi connectivity index (χ2v) is 10.6. The van der Waals surface area contributed by atoms with Crippen molar-refractivity contribution in [2.75, 3.05) is 5.73 Å². The lowest BCUT2D eigenvalue weighted by Crippen LogP contribution is -2.71. The molecule has 2 atom stereocenters. The number of oxime groups is 1. The number of benzene rings is 1. The van der Waals surface area contributed by atoms with Crippen molar-refractivity contribution in [2.45, 2.75) is 45.1 Å². The number of rotatable bonds is 10. The third-order valence-electron chi connectivity index (χ3n) is 5.22.